The van der Waals surface area contributed by atoms with E-state index in [1.54, 1.807) is 0 Å². The summed E-state index contributed by atoms with van der Waals surface area (Å²) in [5.74, 6) is 1.48. The van der Waals surface area contributed by atoms with Gasteiger partial charge in [-0.05, 0) is 44.5 Å². The highest BCUT2D eigenvalue weighted by molar-refractivity contribution is 7.99. The van der Waals surface area contributed by atoms with Gasteiger partial charge in [0.25, 0.3) is 0 Å². The molecule has 3 aromatic rings. The van der Waals surface area contributed by atoms with Gasteiger partial charge in [0.15, 0.2) is 11.0 Å². The van der Waals surface area contributed by atoms with Crippen LogP contribution >= 0.6 is 23.4 Å². The Kier molecular flexibility index (Phi) is 7.17. The molecule has 0 aliphatic carbocycles. The average Bonchev–Trinajstić information content (AvgIpc) is 3.13. The van der Waals surface area contributed by atoms with Crippen LogP contribution in [0.1, 0.15) is 19.4 Å². The lowest BCUT2D eigenvalue weighted by Gasteiger charge is -2.11. The van der Waals surface area contributed by atoms with Gasteiger partial charge in [-0.25, -0.2) is 0 Å². The zero-order valence-electron chi connectivity index (χ0n) is 16.6. The van der Waals surface area contributed by atoms with Crippen molar-refractivity contribution < 1.29 is 9.53 Å². The summed E-state index contributed by atoms with van der Waals surface area (Å²) in [4.78, 5) is 12.4. The van der Waals surface area contributed by atoms with Crippen molar-refractivity contribution in [1.29, 1.82) is 0 Å². The number of rotatable bonds is 8. The molecular formula is C21H23ClN4O2S. The van der Waals surface area contributed by atoms with Crippen molar-refractivity contribution in [2.24, 2.45) is 0 Å². The molecule has 8 heteroatoms. The summed E-state index contributed by atoms with van der Waals surface area (Å²) in [5.41, 5.74) is 2.57. The lowest BCUT2D eigenvalue weighted by Crippen LogP contribution is -2.15. The number of benzene rings is 2. The number of ether oxygens (including phenoxy) is 1. The number of nitrogens with one attached hydrogen (secondary N) is 1. The number of amides is 1. The first-order chi connectivity index (χ1) is 14.0. The minimum atomic E-state index is -0.132. The van der Waals surface area contributed by atoms with Gasteiger partial charge in [0.2, 0.25) is 5.91 Å². The topological polar surface area (TPSA) is 69.0 Å². The van der Waals surface area contributed by atoms with Crippen molar-refractivity contribution in [2.45, 2.75) is 32.5 Å². The lowest BCUT2D eigenvalue weighted by atomic mass is 10.1. The lowest BCUT2D eigenvalue weighted by molar-refractivity contribution is -0.113. The molecule has 0 radical (unpaired) electrons. The number of aromatic nitrogens is 3. The summed E-state index contributed by atoms with van der Waals surface area (Å²) in [6.45, 7) is 7.11. The highest BCUT2D eigenvalue weighted by Crippen LogP contribution is 2.28. The van der Waals surface area contributed by atoms with Crippen LogP contribution < -0.4 is 10.1 Å². The Morgan fingerprint density at radius 1 is 1.21 bits per heavy atom. The smallest absolute Gasteiger partial charge is 0.234 e. The van der Waals surface area contributed by atoms with Crippen molar-refractivity contribution in [3.8, 4) is 17.1 Å². The zero-order chi connectivity index (χ0) is 20.8. The Labute approximate surface area is 179 Å². The molecule has 0 bridgehead atoms. The monoisotopic (exact) mass is 430 g/mol. The molecular weight excluding hydrogens is 408 g/mol. The van der Waals surface area contributed by atoms with Crippen LogP contribution in [0.4, 0.5) is 5.69 Å². The Morgan fingerprint density at radius 3 is 2.72 bits per heavy atom. The average molecular weight is 431 g/mol. The Bertz CT molecular complexity index is 1010. The van der Waals surface area contributed by atoms with Crippen LogP contribution in [0.15, 0.2) is 47.6 Å². The van der Waals surface area contributed by atoms with Gasteiger partial charge in [-0.15, -0.1) is 10.2 Å². The predicted octanol–water partition coefficient (Wildman–Crippen LogP) is 5.06. The number of anilines is 1. The van der Waals surface area contributed by atoms with E-state index in [2.05, 4.69) is 15.5 Å². The third kappa shape index (κ3) is 5.10. The van der Waals surface area contributed by atoms with E-state index in [4.69, 9.17) is 16.3 Å². The Morgan fingerprint density at radius 2 is 2.00 bits per heavy atom. The highest BCUT2D eigenvalue weighted by Gasteiger charge is 2.16. The van der Waals surface area contributed by atoms with Crippen LogP contribution in [0.3, 0.4) is 0 Å². The van der Waals surface area contributed by atoms with Gasteiger partial charge in [0.05, 0.1) is 18.0 Å². The number of carbonyl (C=O) groups is 1. The summed E-state index contributed by atoms with van der Waals surface area (Å²) in [5, 5.41) is 12.9. The van der Waals surface area contributed by atoms with Crippen LogP contribution in [0.5, 0.6) is 5.75 Å². The first-order valence-electron chi connectivity index (χ1n) is 9.37. The van der Waals surface area contributed by atoms with Crippen molar-refractivity contribution >= 4 is 35.0 Å². The summed E-state index contributed by atoms with van der Waals surface area (Å²) in [7, 11) is 0. The van der Waals surface area contributed by atoms with E-state index in [1.165, 1.54) is 11.8 Å². The maximum atomic E-state index is 12.4. The van der Waals surface area contributed by atoms with E-state index in [0.29, 0.717) is 34.8 Å². The molecule has 0 saturated heterocycles. The minimum Gasteiger partial charge on any atom is -0.492 e. The van der Waals surface area contributed by atoms with Gasteiger partial charge in [0, 0.05) is 17.1 Å². The number of para-hydroxylation sites is 2. The van der Waals surface area contributed by atoms with Crippen LogP contribution in [0.25, 0.3) is 11.4 Å². The maximum absolute atomic E-state index is 12.4. The van der Waals surface area contributed by atoms with Crippen molar-refractivity contribution in [1.82, 2.24) is 14.8 Å². The molecule has 0 saturated carbocycles. The number of hydrogen-bond acceptors (Lipinski definition) is 5. The molecule has 1 heterocycles. The van der Waals surface area contributed by atoms with E-state index < -0.39 is 0 Å². The minimum absolute atomic E-state index is 0.132. The van der Waals surface area contributed by atoms with E-state index in [9.17, 15) is 4.79 Å². The summed E-state index contributed by atoms with van der Waals surface area (Å²) >= 11 is 7.60. The Hall–Kier alpha value is -2.51. The molecule has 152 valence electrons. The van der Waals surface area contributed by atoms with Crippen LogP contribution in [-0.2, 0) is 11.3 Å². The number of thioether (sulfide) groups is 1. The normalized spacial score (nSPS) is 10.8. The van der Waals surface area contributed by atoms with Crippen LogP contribution in [0, 0.1) is 6.92 Å². The fourth-order valence-electron chi connectivity index (χ4n) is 2.79. The van der Waals surface area contributed by atoms with E-state index in [1.807, 2.05) is 67.8 Å². The van der Waals surface area contributed by atoms with Crippen LogP contribution in [-0.4, -0.2) is 33.0 Å². The van der Waals surface area contributed by atoms with Gasteiger partial charge in [-0.2, -0.15) is 0 Å². The molecule has 1 amide bonds. The SMILES string of the molecule is CCOc1ccccc1NC(=O)CSc1nnc(-c2ccc(C)c(Cl)c2)n1CC. The summed E-state index contributed by atoms with van der Waals surface area (Å²) in [6, 6.07) is 13.2. The molecule has 1 aromatic heterocycles. The zero-order valence-corrected chi connectivity index (χ0v) is 18.2. The van der Waals surface area contributed by atoms with E-state index in [0.717, 1.165) is 17.0 Å². The molecule has 0 spiro atoms. The van der Waals surface area contributed by atoms with Crippen molar-refractivity contribution in [3.05, 3.63) is 53.1 Å². The fraction of sp³-hybridized carbons (Fsp3) is 0.286. The first-order valence-corrected chi connectivity index (χ1v) is 10.7. The molecule has 3 rings (SSSR count). The largest absolute Gasteiger partial charge is 0.492 e. The van der Waals surface area contributed by atoms with Crippen molar-refractivity contribution in [3.63, 3.8) is 0 Å². The quantitative estimate of drug-likeness (QED) is 0.506. The van der Waals surface area contributed by atoms with Gasteiger partial charge in [-0.1, -0.05) is 47.6 Å². The molecule has 0 unspecified atom stereocenters. The number of nitrogens with zero attached hydrogens (tertiary/aromatic N) is 3. The second kappa shape index (κ2) is 9.80. The second-order valence-corrected chi connectivity index (χ2v) is 7.63. The van der Waals surface area contributed by atoms with E-state index >= 15 is 0 Å². The van der Waals surface area contributed by atoms with Gasteiger partial charge >= 0.3 is 0 Å². The molecule has 2 aromatic carbocycles. The van der Waals surface area contributed by atoms with Crippen LogP contribution in [0.2, 0.25) is 5.02 Å². The number of hydrogen-bond donors (Lipinski definition) is 1. The Balaban J connectivity index is 1.70. The molecule has 0 atom stereocenters. The molecule has 0 fully saturated rings. The molecule has 0 aliphatic heterocycles. The molecule has 29 heavy (non-hydrogen) atoms. The third-order valence-electron chi connectivity index (χ3n) is 4.26. The van der Waals surface area contributed by atoms with Crippen molar-refractivity contribution in [2.75, 3.05) is 17.7 Å². The molecule has 0 aliphatic rings. The number of carbonyl (C=O) groups excluding carboxylic acids is 1. The van der Waals surface area contributed by atoms with E-state index in [-0.39, 0.29) is 11.7 Å². The summed E-state index contributed by atoms with van der Waals surface area (Å²) in [6.07, 6.45) is 0. The fourth-order valence-corrected chi connectivity index (χ4v) is 3.78. The first kappa shape index (κ1) is 21.2. The predicted molar refractivity (Wildman–Crippen MR) is 118 cm³/mol. The highest BCUT2D eigenvalue weighted by atomic mass is 35.5. The molecule has 6 nitrogen and oxygen atoms in total. The number of aryl methyl sites for hydroxylation is 1. The third-order valence-corrected chi connectivity index (χ3v) is 5.63. The van der Waals surface area contributed by atoms with Gasteiger partial charge in [0.1, 0.15) is 5.75 Å². The maximum Gasteiger partial charge on any atom is 0.234 e. The van der Waals surface area contributed by atoms with Gasteiger partial charge in [-0.3, -0.25) is 4.79 Å². The summed E-state index contributed by atoms with van der Waals surface area (Å²) < 4.78 is 7.53. The number of halogens is 1. The molecule has 1 N–H and O–H groups in total. The van der Waals surface area contributed by atoms with Gasteiger partial charge < -0.3 is 14.6 Å². The standard InChI is InChI=1S/C21H23ClN4O2S/c1-4-26-20(15-11-10-14(3)16(22)12-15)24-25-21(26)29-13-19(27)23-17-8-6-7-9-18(17)28-5-2/h6-12H,4-5,13H2,1-3H3,(H,23,27). The second-order valence-electron chi connectivity index (χ2n) is 6.28.